The second kappa shape index (κ2) is 9.48. The maximum absolute atomic E-state index is 6.42. The second-order valence-electron chi connectivity index (χ2n) is 8.19. The van der Waals surface area contributed by atoms with Crippen molar-refractivity contribution in [3.8, 4) is 11.5 Å². The van der Waals surface area contributed by atoms with Crippen LogP contribution in [0.25, 0.3) is 0 Å². The molecule has 0 N–H and O–H groups in total. The van der Waals surface area contributed by atoms with Crippen molar-refractivity contribution in [2.24, 2.45) is 0 Å². The van der Waals surface area contributed by atoms with Gasteiger partial charge >= 0.3 is 0 Å². The molecule has 2 fully saturated rings. The number of benzene rings is 2. The Morgan fingerprint density at radius 3 is 2.59 bits per heavy atom. The van der Waals surface area contributed by atoms with E-state index in [4.69, 9.17) is 30.5 Å². The second-order valence-corrected chi connectivity index (χ2v) is 8.62. The van der Waals surface area contributed by atoms with Crippen molar-refractivity contribution in [2.45, 2.75) is 50.2 Å². The molecule has 1 aliphatic heterocycles. The number of hydrogen-bond donors (Lipinski definition) is 0. The van der Waals surface area contributed by atoms with Crippen LogP contribution in [0.4, 0.5) is 0 Å². The molecule has 2 heterocycles. The van der Waals surface area contributed by atoms with Gasteiger partial charge < -0.3 is 18.9 Å². The molecular weight excluding hydrogens is 430 g/mol. The van der Waals surface area contributed by atoms with Crippen molar-refractivity contribution in [3.05, 3.63) is 71.8 Å². The lowest BCUT2D eigenvalue weighted by Gasteiger charge is -2.28. The van der Waals surface area contributed by atoms with E-state index in [0.717, 1.165) is 29.9 Å². The third-order valence-electron chi connectivity index (χ3n) is 5.85. The van der Waals surface area contributed by atoms with E-state index in [9.17, 15) is 0 Å². The molecule has 1 aliphatic carbocycles. The summed E-state index contributed by atoms with van der Waals surface area (Å²) in [6.07, 6.45) is 7.79. The molecule has 0 spiro atoms. The van der Waals surface area contributed by atoms with Crippen LogP contribution in [0.5, 0.6) is 11.5 Å². The van der Waals surface area contributed by atoms with E-state index in [0.29, 0.717) is 24.8 Å². The van der Waals surface area contributed by atoms with Crippen LogP contribution >= 0.6 is 11.6 Å². The fourth-order valence-electron chi connectivity index (χ4n) is 4.24. The highest BCUT2D eigenvalue weighted by atomic mass is 35.5. The van der Waals surface area contributed by atoms with E-state index in [1.165, 1.54) is 19.2 Å². The summed E-state index contributed by atoms with van der Waals surface area (Å²) in [4.78, 5) is 4.03. The average Bonchev–Trinajstić information content (AvgIpc) is 3.57. The van der Waals surface area contributed by atoms with E-state index >= 15 is 0 Å². The van der Waals surface area contributed by atoms with Gasteiger partial charge in [0.1, 0.15) is 31.9 Å². The number of halogens is 1. The van der Waals surface area contributed by atoms with Crippen molar-refractivity contribution in [1.29, 1.82) is 0 Å². The Morgan fingerprint density at radius 2 is 1.84 bits per heavy atom. The lowest BCUT2D eigenvalue weighted by Crippen LogP contribution is -2.34. The minimum absolute atomic E-state index is 0.256. The predicted octanol–water partition coefficient (Wildman–Crippen LogP) is 4.60. The van der Waals surface area contributed by atoms with Crippen molar-refractivity contribution in [3.63, 3.8) is 0 Å². The van der Waals surface area contributed by atoms with E-state index in [1.807, 2.05) is 48.5 Å². The standard InChI is InChI=1S/C24H26ClN3O4/c25-19-11-9-18(10-12-19)24(15-28-17-26-16-27-28)30-14-21(32-24)13-29-22-7-3-4-8-23(22)31-20-5-1-2-6-20/h3-4,7-12,16-17,20-21H,1-2,5-6,13-15H2. The first-order chi connectivity index (χ1) is 15.7. The Morgan fingerprint density at radius 1 is 1.06 bits per heavy atom. The highest BCUT2D eigenvalue weighted by Gasteiger charge is 2.44. The zero-order valence-electron chi connectivity index (χ0n) is 17.7. The summed E-state index contributed by atoms with van der Waals surface area (Å²) >= 11 is 6.09. The summed E-state index contributed by atoms with van der Waals surface area (Å²) in [5, 5.41) is 4.87. The Hall–Kier alpha value is -2.61. The van der Waals surface area contributed by atoms with Crippen molar-refractivity contribution >= 4 is 11.6 Å². The van der Waals surface area contributed by atoms with Gasteiger partial charge in [-0.15, -0.1) is 0 Å². The molecule has 7 nitrogen and oxygen atoms in total. The molecule has 32 heavy (non-hydrogen) atoms. The number of aromatic nitrogens is 3. The van der Waals surface area contributed by atoms with Crippen LogP contribution < -0.4 is 9.47 Å². The number of ether oxygens (including phenoxy) is 4. The van der Waals surface area contributed by atoms with Crippen LogP contribution in [0.1, 0.15) is 31.2 Å². The van der Waals surface area contributed by atoms with Gasteiger partial charge in [0.2, 0.25) is 5.79 Å². The third-order valence-corrected chi connectivity index (χ3v) is 6.10. The average molecular weight is 456 g/mol. The molecular formula is C24H26ClN3O4. The molecule has 3 aromatic rings. The minimum Gasteiger partial charge on any atom is -0.487 e. The van der Waals surface area contributed by atoms with E-state index in [1.54, 1.807) is 11.0 Å². The maximum Gasteiger partial charge on any atom is 0.215 e. The lowest BCUT2D eigenvalue weighted by molar-refractivity contribution is -0.190. The monoisotopic (exact) mass is 455 g/mol. The molecule has 2 aromatic carbocycles. The van der Waals surface area contributed by atoms with Crippen LogP contribution in [0.15, 0.2) is 61.2 Å². The highest BCUT2D eigenvalue weighted by Crippen LogP contribution is 2.37. The quantitative estimate of drug-likeness (QED) is 0.494. The number of rotatable bonds is 8. The number of hydrogen-bond acceptors (Lipinski definition) is 6. The van der Waals surface area contributed by atoms with Gasteiger partial charge in [-0.1, -0.05) is 35.9 Å². The summed E-state index contributed by atoms with van der Waals surface area (Å²) in [7, 11) is 0. The van der Waals surface area contributed by atoms with Gasteiger partial charge in [-0.2, -0.15) is 5.10 Å². The molecule has 5 rings (SSSR count). The summed E-state index contributed by atoms with van der Waals surface area (Å²) in [5.41, 5.74) is 0.866. The van der Waals surface area contributed by atoms with E-state index in [-0.39, 0.29) is 12.2 Å². The molecule has 1 saturated carbocycles. The van der Waals surface area contributed by atoms with Crippen molar-refractivity contribution in [2.75, 3.05) is 13.2 Å². The Balaban J connectivity index is 1.28. The van der Waals surface area contributed by atoms with E-state index in [2.05, 4.69) is 10.1 Å². The fraction of sp³-hybridized carbons (Fsp3) is 0.417. The summed E-state index contributed by atoms with van der Waals surface area (Å²) in [6, 6.07) is 15.3. The largest absolute Gasteiger partial charge is 0.487 e. The van der Waals surface area contributed by atoms with Gasteiger partial charge in [-0.25, -0.2) is 9.67 Å². The van der Waals surface area contributed by atoms with Crippen molar-refractivity contribution in [1.82, 2.24) is 14.8 Å². The summed E-state index contributed by atoms with van der Waals surface area (Å²) in [5.74, 6) is 0.514. The summed E-state index contributed by atoms with van der Waals surface area (Å²) < 4.78 is 26.6. The normalized spacial score (nSPS) is 23.5. The maximum atomic E-state index is 6.42. The van der Waals surface area contributed by atoms with E-state index < -0.39 is 5.79 Å². The first-order valence-electron chi connectivity index (χ1n) is 11.0. The van der Waals surface area contributed by atoms with Crippen LogP contribution in [-0.4, -0.2) is 40.2 Å². The molecule has 8 heteroatoms. The van der Waals surface area contributed by atoms with Crippen LogP contribution in [-0.2, 0) is 21.8 Å². The minimum atomic E-state index is -0.994. The molecule has 1 saturated heterocycles. The van der Waals surface area contributed by atoms with Crippen molar-refractivity contribution < 1.29 is 18.9 Å². The number of nitrogens with zero attached hydrogens (tertiary/aromatic N) is 3. The molecule has 0 amide bonds. The smallest absolute Gasteiger partial charge is 0.215 e. The fourth-order valence-corrected chi connectivity index (χ4v) is 4.37. The molecule has 2 unspecified atom stereocenters. The highest BCUT2D eigenvalue weighted by molar-refractivity contribution is 6.30. The zero-order valence-corrected chi connectivity index (χ0v) is 18.5. The zero-order chi connectivity index (χ0) is 21.8. The molecule has 1 aromatic heterocycles. The molecule has 0 bridgehead atoms. The first kappa shape index (κ1) is 21.2. The van der Waals surface area contributed by atoms with Crippen LogP contribution in [0.2, 0.25) is 5.02 Å². The van der Waals surface area contributed by atoms with Gasteiger partial charge in [-0.3, -0.25) is 0 Å². The molecule has 0 radical (unpaired) electrons. The third kappa shape index (κ3) is 4.75. The Labute approximate surface area is 192 Å². The van der Waals surface area contributed by atoms with Gasteiger partial charge in [0.25, 0.3) is 0 Å². The molecule has 2 atom stereocenters. The lowest BCUT2D eigenvalue weighted by atomic mass is 10.1. The SMILES string of the molecule is Clc1ccc(C2(Cn3cncn3)OCC(COc3ccccc3OC3CCCC3)O2)cc1. The Kier molecular flexibility index (Phi) is 6.30. The van der Waals surface area contributed by atoms with Gasteiger partial charge in [0.05, 0.1) is 12.7 Å². The topological polar surface area (TPSA) is 67.6 Å². The first-order valence-corrected chi connectivity index (χ1v) is 11.4. The molecule has 168 valence electrons. The Bertz CT molecular complexity index is 1010. The van der Waals surface area contributed by atoms with Gasteiger partial charge in [0.15, 0.2) is 11.5 Å². The number of para-hydroxylation sites is 2. The molecule has 2 aliphatic rings. The van der Waals surface area contributed by atoms with Crippen LogP contribution in [0, 0.1) is 0 Å². The van der Waals surface area contributed by atoms with Gasteiger partial charge in [-0.05, 0) is 49.9 Å². The van der Waals surface area contributed by atoms with Gasteiger partial charge in [0, 0.05) is 10.6 Å². The summed E-state index contributed by atoms with van der Waals surface area (Å²) in [6.45, 7) is 1.10. The predicted molar refractivity (Wildman–Crippen MR) is 119 cm³/mol. The van der Waals surface area contributed by atoms with Crippen LogP contribution in [0.3, 0.4) is 0 Å².